The summed E-state index contributed by atoms with van der Waals surface area (Å²) in [7, 11) is 0. The molecule has 0 aromatic rings. The van der Waals surface area contributed by atoms with Crippen molar-refractivity contribution in [1.82, 2.24) is 4.90 Å². The average molecular weight is 184 g/mol. The Hall–Kier alpha value is -0.0800. The molecular formula is C11H24N2. The zero-order chi connectivity index (χ0) is 9.84. The minimum Gasteiger partial charge on any atom is -0.328 e. The molecule has 0 bridgehead atoms. The summed E-state index contributed by atoms with van der Waals surface area (Å²) in [5, 5.41) is 0. The van der Waals surface area contributed by atoms with Crippen molar-refractivity contribution in [1.29, 1.82) is 0 Å². The van der Waals surface area contributed by atoms with E-state index in [0.29, 0.717) is 12.0 Å². The van der Waals surface area contributed by atoms with E-state index in [-0.39, 0.29) is 0 Å². The molecule has 2 atom stereocenters. The Morgan fingerprint density at radius 3 is 2.31 bits per heavy atom. The highest BCUT2D eigenvalue weighted by Crippen LogP contribution is 2.17. The summed E-state index contributed by atoms with van der Waals surface area (Å²) in [5.74, 6) is 1.57. The molecule has 0 aliphatic carbocycles. The van der Waals surface area contributed by atoms with Gasteiger partial charge in [0.2, 0.25) is 0 Å². The molecule has 78 valence electrons. The highest BCUT2D eigenvalue weighted by Gasteiger charge is 2.18. The second kappa shape index (κ2) is 4.97. The molecule has 1 heterocycles. The van der Waals surface area contributed by atoms with Gasteiger partial charge in [-0.1, -0.05) is 13.8 Å². The Bertz CT molecular complexity index is 137. The van der Waals surface area contributed by atoms with Gasteiger partial charge in [0.25, 0.3) is 0 Å². The minimum absolute atomic E-state index is 0.333. The summed E-state index contributed by atoms with van der Waals surface area (Å²) >= 11 is 0. The van der Waals surface area contributed by atoms with Crippen LogP contribution in [0, 0.1) is 11.8 Å². The molecule has 1 aliphatic rings. The van der Waals surface area contributed by atoms with Crippen LogP contribution in [0.25, 0.3) is 0 Å². The van der Waals surface area contributed by atoms with Gasteiger partial charge >= 0.3 is 0 Å². The van der Waals surface area contributed by atoms with Crippen molar-refractivity contribution in [2.45, 2.75) is 39.7 Å². The molecule has 1 fully saturated rings. The highest BCUT2D eigenvalue weighted by molar-refractivity contribution is 4.74. The van der Waals surface area contributed by atoms with Crippen LogP contribution in [0.3, 0.4) is 0 Å². The lowest BCUT2D eigenvalue weighted by atomic mass is 9.97. The van der Waals surface area contributed by atoms with Crippen LogP contribution in [0.2, 0.25) is 0 Å². The van der Waals surface area contributed by atoms with Crippen molar-refractivity contribution in [3.05, 3.63) is 0 Å². The molecule has 1 rings (SSSR count). The second-order valence-electron chi connectivity index (χ2n) is 4.82. The SMILES string of the molecule is CC1CCN(CC(C)[C@H](C)N)CC1. The fourth-order valence-electron chi connectivity index (χ4n) is 1.82. The third kappa shape index (κ3) is 3.65. The van der Waals surface area contributed by atoms with E-state index in [4.69, 9.17) is 5.73 Å². The molecule has 1 aliphatic heterocycles. The first-order valence-corrected chi connectivity index (χ1v) is 5.57. The van der Waals surface area contributed by atoms with Crippen molar-refractivity contribution in [2.24, 2.45) is 17.6 Å². The topological polar surface area (TPSA) is 29.3 Å². The molecule has 0 spiro atoms. The first-order chi connectivity index (χ1) is 6.09. The zero-order valence-electron chi connectivity index (χ0n) is 9.29. The Balaban J connectivity index is 2.22. The summed E-state index contributed by atoms with van der Waals surface area (Å²) in [5.41, 5.74) is 5.85. The van der Waals surface area contributed by atoms with Crippen LogP contribution >= 0.6 is 0 Å². The van der Waals surface area contributed by atoms with Gasteiger partial charge in [-0.15, -0.1) is 0 Å². The Kier molecular flexibility index (Phi) is 4.20. The van der Waals surface area contributed by atoms with Gasteiger partial charge in [-0.3, -0.25) is 0 Å². The van der Waals surface area contributed by atoms with E-state index in [9.17, 15) is 0 Å². The van der Waals surface area contributed by atoms with Crippen molar-refractivity contribution in [3.8, 4) is 0 Å². The van der Waals surface area contributed by atoms with E-state index in [2.05, 4.69) is 25.7 Å². The molecule has 2 heteroatoms. The van der Waals surface area contributed by atoms with E-state index in [1.54, 1.807) is 0 Å². The van der Waals surface area contributed by atoms with Crippen LogP contribution in [0.4, 0.5) is 0 Å². The molecule has 2 nitrogen and oxygen atoms in total. The van der Waals surface area contributed by atoms with Crippen LogP contribution in [-0.2, 0) is 0 Å². The lowest BCUT2D eigenvalue weighted by Crippen LogP contribution is -2.40. The summed E-state index contributed by atoms with van der Waals surface area (Å²) in [4.78, 5) is 2.56. The van der Waals surface area contributed by atoms with Gasteiger partial charge in [0.1, 0.15) is 0 Å². The van der Waals surface area contributed by atoms with Crippen molar-refractivity contribution >= 4 is 0 Å². The lowest BCUT2D eigenvalue weighted by Gasteiger charge is -2.33. The fraction of sp³-hybridized carbons (Fsp3) is 1.00. The van der Waals surface area contributed by atoms with Crippen LogP contribution < -0.4 is 5.73 Å². The summed E-state index contributed by atoms with van der Waals surface area (Å²) < 4.78 is 0. The fourth-order valence-corrected chi connectivity index (χ4v) is 1.82. The van der Waals surface area contributed by atoms with E-state index in [1.807, 2.05) is 0 Å². The molecule has 1 saturated heterocycles. The smallest absolute Gasteiger partial charge is 0.00483 e. The lowest BCUT2D eigenvalue weighted by molar-refractivity contribution is 0.164. The predicted molar refractivity (Wildman–Crippen MR) is 57.7 cm³/mol. The standard InChI is InChI=1S/C11H24N2/c1-9-4-6-13(7-5-9)8-10(2)11(3)12/h9-11H,4-8,12H2,1-3H3/t10?,11-/m0/s1. The molecule has 1 unspecified atom stereocenters. The van der Waals surface area contributed by atoms with Gasteiger partial charge in [0.15, 0.2) is 0 Å². The predicted octanol–water partition coefficient (Wildman–Crippen LogP) is 1.70. The molecule has 0 amide bonds. The number of nitrogens with zero attached hydrogens (tertiary/aromatic N) is 1. The highest BCUT2D eigenvalue weighted by atomic mass is 15.1. The number of rotatable bonds is 3. The third-order valence-electron chi connectivity index (χ3n) is 3.32. The third-order valence-corrected chi connectivity index (χ3v) is 3.32. The van der Waals surface area contributed by atoms with E-state index in [0.717, 1.165) is 5.92 Å². The molecule has 2 N–H and O–H groups in total. The second-order valence-corrected chi connectivity index (χ2v) is 4.82. The van der Waals surface area contributed by atoms with Gasteiger partial charge < -0.3 is 10.6 Å². The first kappa shape index (κ1) is 11.0. The average Bonchev–Trinajstić information content (AvgIpc) is 2.08. The molecular weight excluding hydrogens is 160 g/mol. The van der Waals surface area contributed by atoms with Gasteiger partial charge in [-0.25, -0.2) is 0 Å². The van der Waals surface area contributed by atoms with Crippen LogP contribution in [-0.4, -0.2) is 30.6 Å². The summed E-state index contributed by atoms with van der Waals surface area (Å²) in [6.07, 6.45) is 2.73. The number of hydrogen-bond donors (Lipinski definition) is 1. The Labute approximate surface area is 82.5 Å². The Morgan fingerprint density at radius 1 is 1.31 bits per heavy atom. The van der Waals surface area contributed by atoms with Crippen LogP contribution in [0.15, 0.2) is 0 Å². The number of nitrogens with two attached hydrogens (primary N) is 1. The van der Waals surface area contributed by atoms with E-state index >= 15 is 0 Å². The van der Waals surface area contributed by atoms with Crippen LogP contribution in [0.5, 0.6) is 0 Å². The number of likely N-dealkylation sites (tertiary alicyclic amines) is 1. The molecule has 0 aromatic heterocycles. The largest absolute Gasteiger partial charge is 0.328 e. The maximum atomic E-state index is 5.85. The normalized spacial score (nSPS) is 25.8. The van der Waals surface area contributed by atoms with Gasteiger partial charge in [0, 0.05) is 12.6 Å². The van der Waals surface area contributed by atoms with Crippen molar-refractivity contribution < 1.29 is 0 Å². The number of hydrogen-bond acceptors (Lipinski definition) is 2. The zero-order valence-corrected chi connectivity index (χ0v) is 9.29. The Morgan fingerprint density at radius 2 is 1.85 bits per heavy atom. The molecule has 0 radical (unpaired) electrons. The van der Waals surface area contributed by atoms with Crippen molar-refractivity contribution in [3.63, 3.8) is 0 Å². The molecule has 13 heavy (non-hydrogen) atoms. The van der Waals surface area contributed by atoms with Gasteiger partial charge in [-0.2, -0.15) is 0 Å². The molecule has 0 saturated carbocycles. The maximum absolute atomic E-state index is 5.85. The monoisotopic (exact) mass is 184 g/mol. The van der Waals surface area contributed by atoms with Crippen LogP contribution in [0.1, 0.15) is 33.6 Å². The van der Waals surface area contributed by atoms with Gasteiger partial charge in [-0.05, 0) is 44.7 Å². The van der Waals surface area contributed by atoms with Crippen molar-refractivity contribution in [2.75, 3.05) is 19.6 Å². The summed E-state index contributed by atoms with van der Waals surface area (Å²) in [6, 6.07) is 0.333. The number of piperidine rings is 1. The van der Waals surface area contributed by atoms with Gasteiger partial charge in [0.05, 0.1) is 0 Å². The first-order valence-electron chi connectivity index (χ1n) is 5.57. The molecule has 0 aromatic carbocycles. The van der Waals surface area contributed by atoms with E-state index < -0.39 is 0 Å². The summed E-state index contributed by atoms with van der Waals surface area (Å²) in [6.45, 7) is 10.5. The quantitative estimate of drug-likeness (QED) is 0.723. The minimum atomic E-state index is 0.333. The maximum Gasteiger partial charge on any atom is 0.00483 e. The van der Waals surface area contributed by atoms with E-state index in [1.165, 1.54) is 32.5 Å².